The van der Waals surface area contributed by atoms with Gasteiger partial charge < -0.3 is 4.74 Å². The molecule has 3 rings (SSSR count). The van der Waals surface area contributed by atoms with Crippen LogP contribution in [-0.4, -0.2) is 34.8 Å². The maximum absolute atomic E-state index is 12.5. The van der Waals surface area contributed by atoms with Crippen LogP contribution >= 0.6 is 0 Å². The van der Waals surface area contributed by atoms with Gasteiger partial charge in [-0.15, -0.1) is 0 Å². The molecule has 1 aliphatic heterocycles. The lowest BCUT2D eigenvalue weighted by molar-refractivity contribution is 0.326. The second-order valence-electron chi connectivity index (χ2n) is 4.92. The lowest BCUT2D eigenvalue weighted by Gasteiger charge is -2.22. The molecule has 0 bridgehead atoms. The summed E-state index contributed by atoms with van der Waals surface area (Å²) in [5.41, 5.74) is 0. The third kappa shape index (κ3) is 2.95. The minimum absolute atomic E-state index is 0.104. The molecule has 0 saturated heterocycles. The highest BCUT2D eigenvalue weighted by atomic mass is 32.2. The van der Waals surface area contributed by atoms with Crippen LogP contribution in [0.15, 0.2) is 29.6 Å². The van der Waals surface area contributed by atoms with Crippen molar-refractivity contribution in [2.24, 2.45) is 0 Å². The third-order valence-corrected chi connectivity index (χ3v) is 4.89. The first-order valence-electron chi connectivity index (χ1n) is 7.09. The molecule has 3 heterocycles. The zero-order valence-corrected chi connectivity index (χ0v) is 13.0. The molecule has 1 aliphatic rings. The molecular formula is C13H17N5O3S. The van der Waals surface area contributed by atoms with E-state index in [9.17, 15) is 8.42 Å². The van der Waals surface area contributed by atoms with E-state index in [2.05, 4.69) is 19.8 Å². The van der Waals surface area contributed by atoms with Crippen molar-refractivity contribution in [2.45, 2.75) is 37.2 Å². The van der Waals surface area contributed by atoms with E-state index in [1.165, 1.54) is 18.6 Å². The number of hydrogen-bond acceptors (Lipinski definition) is 6. The van der Waals surface area contributed by atoms with Crippen LogP contribution in [0.1, 0.15) is 31.6 Å². The standard InChI is InChI=1S/C13H17N5O3S/c1-2-21-12-6-5-10(8-14-12)22(19,20)17-11-4-3-7-18-13(11)15-9-16-18/h5-6,8-9,11,17H,2-4,7H2,1H3/t11-/m0/s1. The van der Waals surface area contributed by atoms with Crippen LogP contribution in [0, 0.1) is 0 Å². The van der Waals surface area contributed by atoms with Crippen molar-refractivity contribution in [3.63, 3.8) is 0 Å². The van der Waals surface area contributed by atoms with E-state index in [-0.39, 0.29) is 10.9 Å². The Balaban J connectivity index is 1.80. The highest BCUT2D eigenvalue weighted by Gasteiger charge is 2.27. The number of nitrogens with one attached hydrogen (secondary N) is 1. The minimum Gasteiger partial charge on any atom is -0.478 e. The number of pyridine rings is 1. The summed E-state index contributed by atoms with van der Waals surface area (Å²) in [4.78, 5) is 8.24. The van der Waals surface area contributed by atoms with E-state index in [0.717, 1.165) is 13.0 Å². The Morgan fingerprint density at radius 3 is 3.00 bits per heavy atom. The summed E-state index contributed by atoms with van der Waals surface area (Å²) in [6, 6.07) is 2.66. The molecule has 2 aromatic heterocycles. The Morgan fingerprint density at radius 2 is 2.27 bits per heavy atom. The van der Waals surface area contributed by atoms with E-state index in [0.29, 0.717) is 24.7 Å². The van der Waals surface area contributed by atoms with Gasteiger partial charge in [0.25, 0.3) is 0 Å². The summed E-state index contributed by atoms with van der Waals surface area (Å²) in [6.07, 6.45) is 4.29. The predicted molar refractivity (Wildman–Crippen MR) is 77.7 cm³/mol. The van der Waals surface area contributed by atoms with Crippen molar-refractivity contribution in [1.29, 1.82) is 0 Å². The zero-order chi connectivity index (χ0) is 15.6. The average molecular weight is 323 g/mol. The van der Waals surface area contributed by atoms with Crippen LogP contribution in [0.4, 0.5) is 0 Å². The third-order valence-electron chi connectivity index (χ3n) is 3.43. The fourth-order valence-corrected chi connectivity index (χ4v) is 3.59. The van der Waals surface area contributed by atoms with Gasteiger partial charge in [0.2, 0.25) is 15.9 Å². The fourth-order valence-electron chi connectivity index (χ4n) is 2.42. The second-order valence-corrected chi connectivity index (χ2v) is 6.64. The number of fused-ring (bicyclic) bond motifs is 1. The Morgan fingerprint density at radius 1 is 1.41 bits per heavy atom. The highest BCUT2D eigenvalue weighted by molar-refractivity contribution is 7.89. The first-order valence-corrected chi connectivity index (χ1v) is 8.57. The topological polar surface area (TPSA) is 99.0 Å². The maximum Gasteiger partial charge on any atom is 0.242 e. The SMILES string of the molecule is CCOc1ccc(S(=O)(=O)N[C@H]2CCCn3ncnc32)cn1. The van der Waals surface area contributed by atoms with Crippen LogP contribution in [0.3, 0.4) is 0 Å². The number of aromatic nitrogens is 4. The van der Waals surface area contributed by atoms with Gasteiger partial charge in [-0.2, -0.15) is 5.10 Å². The van der Waals surface area contributed by atoms with E-state index in [1.54, 1.807) is 10.7 Å². The molecule has 118 valence electrons. The van der Waals surface area contributed by atoms with Crippen molar-refractivity contribution < 1.29 is 13.2 Å². The van der Waals surface area contributed by atoms with Gasteiger partial charge in [0.15, 0.2) is 0 Å². The van der Waals surface area contributed by atoms with Crippen molar-refractivity contribution in [3.05, 3.63) is 30.5 Å². The maximum atomic E-state index is 12.5. The monoisotopic (exact) mass is 323 g/mol. The molecule has 0 aromatic carbocycles. The number of rotatable bonds is 5. The summed E-state index contributed by atoms with van der Waals surface area (Å²) >= 11 is 0. The molecule has 0 unspecified atom stereocenters. The van der Waals surface area contributed by atoms with Gasteiger partial charge in [-0.25, -0.2) is 27.8 Å². The van der Waals surface area contributed by atoms with Crippen LogP contribution in [-0.2, 0) is 16.6 Å². The molecule has 0 amide bonds. The first kappa shape index (κ1) is 14.9. The molecule has 1 atom stereocenters. The number of hydrogen-bond donors (Lipinski definition) is 1. The van der Waals surface area contributed by atoms with Gasteiger partial charge in [0, 0.05) is 12.6 Å². The summed E-state index contributed by atoms with van der Waals surface area (Å²) < 4.78 is 34.5. The molecule has 0 fully saturated rings. The van der Waals surface area contributed by atoms with E-state index >= 15 is 0 Å². The Kier molecular flexibility index (Phi) is 4.08. The zero-order valence-electron chi connectivity index (χ0n) is 12.1. The molecule has 22 heavy (non-hydrogen) atoms. The molecule has 0 saturated carbocycles. The van der Waals surface area contributed by atoms with Crippen LogP contribution < -0.4 is 9.46 Å². The molecule has 9 heteroatoms. The number of ether oxygens (including phenoxy) is 1. The molecule has 0 spiro atoms. The van der Waals surface area contributed by atoms with Gasteiger partial charge in [0.1, 0.15) is 17.0 Å². The van der Waals surface area contributed by atoms with Gasteiger partial charge in [-0.3, -0.25) is 0 Å². The molecule has 1 N–H and O–H groups in total. The summed E-state index contributed by atoms with van der Waals surface area (Å²) in [7, 11) is -3.66. The molecular weight excluding hydrogens is 306 g/mol. The fraction of sp³-hybridized carbons (Fsp3) is 0.462. The minimum atomic E-state index is -3.66. The lowest BCUT2D eigenvalue weighted by atomic mass is 10.1. The van der Waals surface area contributed by atoms with Crippen LogP contribution in [0.5, 0.6) is 5.88 Å². The van der Waals surface area contributed by atoms with Crippen LogP contribution in [0.2, 0.25) is 0 Å². The van der Waals surface area contributed by atoms with Crippen molar-refractivity contribution >= 4 is 10.0 Å². The highest BCUT2D eigenvalue weighted by Crippen LogP contribution is 2.24. The predicted octanol–water partition coefficient (Wildman–Crippen LogP) is 0.885. The van der Waals surface area contributed by atoms with Crippen molar-refractivity contribution in [3.8, 4) is 5.88 Å². The first-order chi connectivity index (χ1) is 10.6. The Hall–Kier alpha value is -2.00. The average Bonchev–Trinajstić information content (AvgIpc) is 2.97. The molecule has 0 aliphatic carbocycles. The van der Waals surface area contributed by atoms with E-state index < -0.39 is 10.0 Å². The molecule has 0 radical (unpaired) electrons. The van der Waals surface area contributed by atoms with Gasteiger partial charge in [-0.05, 0) is 25.8 Å². The van der Waals surface area contributed by atoms with Gasteiger partial charge >= 0.3 is 0 Å². The quantitative estimate of drug-likeness (QED) is 0.877. The second kappa shape index (κ2) is 6.01. The van der Waals surface area contributed by atoms with E-state index in [4.69, 9.17) is 4.74 Å². The smallest absolute Gasteiger partial charge is 0.242 e. The van der Waals surface area contributed by atoms with Crippen molar-refractivity contribution in [1.82, 2.24) is 24.5 Å². The Bertz CT molecular complexity index is 741. The lowest BCUT2D eigenvalue weighted by Crippen LogP contribution is -2.33. The van der Waals surface area contributed by atoms with Gasteiger partial charge in [-0.1, -0.05) is 0 Å². The Labute approximate surface area is 128 Å². The summed E-state index contributed by atoms with van der Waals surface area (Å²) in [5.74, 6) is 1.05. The van der Waals surface area contributed by atoms with Gasteiger partial charge in [0.05, 0.1) is 18.8 Å². The number of nitrogens with zero attached hydrogens (tertiary/aromatic N) is 4. The number of aryl methyl sites for hydroxylation is 1. The summed E-state index contributed by atoms with van der Waals surface area (Å²) in [5, 5.41) is 4.08. The normalized spacial score (nSPS) is 18.0. The van der Waals surface area contributed by atoms with E-state index in [1.807, 2.05) is 6.92 Å². The number of sulfonamides is 1. The van der Waals surface area contributed by atoms with Crippen LogP contribution in [0.25, 0.3) is 0 Å². The summed E-state index contributed by atoms with van der Waals surface area (Å²) in [6.45, 7) is 3.08. The van der Waals surface area contributed by atoms with Crippen molar-refractivity contribution in [2.75, 3.05) is 6.61 Å². The molecule has 8 nitrogen and oxygen atoms in total. The molecule has 2 aromatic rings. The largest absolute Gasteiger partial charge is 0.478 e.